The van der Waals surface area contributed by atoms with Gasteiger partial charge in [-0.1, -0.05) is 0 Å². The van der Waals surface area contributed by atoms with Crippen molar-refractivity contribution in [2.24, 2.45) is 0 Å². The Labute approximate surface area is 106 Å². The predicted molar refractivity (Wildman–Crippen MR) is 41.8 cm³/mol. The zero-order valence-electron chi connectivity index (χ0n) is 7.58. The number of benzene rings is 1. The van der Waals surface area contributed by atoms with Gasteiger partial charge in [-0.05, 0) is 0 Å². The van der Waals surface area contributed by atoms with Gasteiger partial charge < -0.3 is 12.4 Å². The quantitative estimate of drug-likeness (QED) is 0.442. The van der Waals surface area contributed by atoms with Crippen LogP contribution in [0.25, 0.3) is 0 Å². The molecule has 1 aromatic rings. The smallest absolute Gasteiger partial charge is 1.00 e. The molecular formula is C8H3ClF6Mg. The fraction of sp³-hybridized carbons (Fsp3) is 0.250. The van der Waals surface area contributed by atoms with Gasteiger partial charge in [0.15, 0.2) is 0 Å². The minimum Gasteiger partial charge on any atom is -1.00 e. The SMILES string of the molecule is FC(F)(F)c1c[c]([Mg+])cc(C(F)(F)F)c1.[Cl-]. The van der Waals surface area contributed by atoms with Gasteiger partial charge in [0.2, 0.25) is 0 Å². The van der Waals surface area contributed by atoms with E-state index in [1.54, 1.807) is 0 Å². The topological polar surface area (TPSA) is 0 Å². The van der Waals surface area contributed by atoms with E-state index in [2.05, 4.69) is 0 Å². The van der Waals surface area contributed by atoms with E-state index in [4.69, 9.17) is 0 Å². The predicted octanol–water partition coefficient (Wildman–Crippen LogP) is -0.478. The Kier molecular flexibility index (Phi) is 4.97. The average molecular weight is 273 g/mol. The molecule has 86 valence electrons. The molecule has 16 heavy (non-hydrogen) atoms. The van der Waals surface area contributed by atoms with Gasteiger partial charge in [0.05, 0.1) is 0 Å². The first kappa shape index (κ1) is 15.9. The first-order chi connectivity index (χ1) is 6.60. The number of rotatable bonds is 0. The van der Waals surface area contributed by atoms with Crippen molar-refractivity contribution in [1.29, 1.82) is 0 Å². The zero-order valence-corrected chi connectivity index (χ0v) is 9.76. The van der Waals surface area contributed by atoms with Gasteiger partial charge in [-0.2, -0.15) is 0 Å². The van der Waals surface area contributed by atoms with Crippen LogP contribution in [0.5, 0.6) is 0 Å². The molecule has 1 rings (SSSR count). The van der Waals surface area contributed by atoms with Crippen molar-refractivity contribution in [2.45, 2.75) is 12.4 Å². The molecule has 0 nitrogen and oxygen atoms in total. The Morgan fingerprint density at radius 1 is 0.750 bits per heavy atom. The molecule has 0 aliphatic heterocycles. The fourth-order valence-electron chi connectivity index (χ4n) is 1.02. The number of hydrogen-bond acceptors (Lipinski definition) is 0. The molecule has 0 radical (unpaired) electrons. The van der Waals surface area contributed by atoms with Crippen molar-refractivity contribution in [2.75, 3.05) is 0 Å². The number of alkyl halides is 6. The van der Waals surface area contributed by atoms with E-state index in [1.165, 1.54) is 0 Å². The Bertz CT molecular complexity index is 338. The summed E-state index contributed by atoms with van der Waals surface area (Å²) in [5.41, 5.74) is -2.55. The molecule has 0 unspecified atom stereocenters. The van der Waals surface area contributed by atoms with Crippen molar-refractivity contribution in [3.05, 3.63) is 29.3 Å². The molecule has 0 spiro atoms. The Hall–Kier alpha value is -0.144. The summed E-state index contributed by atoms with van der Waals surface area (Å²) in [6.07, 6.45) is -9.51. The largest absolute Gasteiger partial charge is 1.00 e. The molecule has 0 aliphatic carbocycles. The molecule has 0 N–H and O–H groups in total. The van der Waals surface area contributed by atoms with Crippen LogP contribution < -0.4 is 16.1 Å². The summed E-state index contributed by atoms with van der Waals surface area (Å²) >= 11 is 0.976. The van der Waals surface area contributed by atoms with Gasteiger partial charge in [0.25, 0.3) is 0 Å². The summed E-state index contributed by atoms with van der Waals surface area (Å²) in [6.45, 7) is 0. The summed E-state index contributed by atoms with van der Waals surface area (Å²) in [5.74, 6) is 0. The van der Waals surface area contributed by atoms with E-state index >= 15 is 0 Å². The molecule has 0 atom stereocenters. The monoisotopic (exact) mass is 272 g/mol. The van der Waals surface area contributed by atoms with Crippen LogP contribution in [0.2, 0.25) is 0 Å². The second kappa shape index (κ2) is 5.01. The van der Waals surface area contributed by atoms with Crippen LogP contribution >= 0.6 is 0 Å². The van der Waals surface area contributed by atoms with Crippen LogP contribution in [0.4, 0.5) is 26.3 Å². The van der Waals surface area contributed by atoms with Gasteiger partial charge in [0, 0.05) is 0 Å². The van der Waals surface area contributed by atoms with Gasteiger partial charge in [-0.25, -0.2) is 0 Å². The van der Waals surface area contributed by atoms with E-state index in [0.29, 0.717) is 12.1 Å². The summed E-state index contributed by atoms with van der Waals surface area (Å²) in [4.78, 5) is 0. The minimum atomic E-state index is -4.75. The number of hydrogen-bond donors (Lipinski definition) is 0. The third-order valence-corrected chi connectivity index (χ3v) is 2.06. The summed E-state index contributed by atoms with van der Waals surface area (Å²) in [7, 11) is 0. The van der Waals surface area contributed by atoms with E-state index in [1.807, 2.05) is 0 Å². The molecule has 0 amide bonds. The maximum Gasteiger partial charge on any atom is -1.00 e. The maximum atomic E-state index is 12.2. The summed E-state index contributed by atoms with van der Waals surface area (Å²) in [6, 6.07) is 1.48. The van der Waals surface area contributed by atoms with Crippen LogP contribution in [-0.2, 0) is 12.4 Å². The Morgan fingerprint density at radius 3 is 1.31 bits per heavy atom. The normalized spacial score (nSPS) is 12.2. The second-order valence-electron chi connectivity index (χ2n) is 2.91. The molecule has 0 aromatic heterocycles. The van der Waals surface area contributed by atoms with Crippen LogP contribution in [0, 0.1) is 0 Å². The molecule has 0 fully saturated rings. The second-order valence-corrected chi connectivity index (χ2v) is 3.73. The molecule has 8 heteroatoms. The van der Waals surface area contributed by atoms with E-state index in [0.717, 1.165) is 21.7 Å². The van der Waals surface area contributed by atoms with E-state index in [9.17, 15) is 26.3 Å². The van der Waals surface area contributed by atoms with Gasteiger partial charge in [-0.15, -0.1) is 0 Å². The molecule has 0 aliphatic rings. The molecule has 0 heterocycles. The van der Waals surface area contributed by atoms with Crippen molar-refractivity contribution in [3.8, 4) is 0 Å². The molecule has 1 aromatic carbocycles. The summed E-state index contributed by atoms with van der Waals surface area (Å²) < 4.78 is 73.0. The summed E-state index contributed by atoms with van der Waals surface area (Å²) in [5, 5.41) is 0. The average Bonchev–Trinajstić information content (AvgIpc) is 1.99. The minimum absolute atomic E-state index is 0. The van der Waals surface area contributed by atoms with Crippen molar-refractivity contribution in [3.63, 3.8) is 0 Å². The van der Waals surface area contributed by atoms with E-state index in [-0.39, 0.29) is 22.2 Å². The Morgan fingerprint density at radius 2 is 1.06 bits per heavy atom. The van der Waals surface area contributed by atoms with Crippen LogP contribution in [-0.4, -0.2) is 21.7 Å². The standard InChI is InChI=1S/C8H3F6.ClH.Mg/c9-7(10,11)5-2-1-3-6(4-5)8(12,13)14;;/h2-4H;1H;/q;;+1/p-1. The van der Waals surface area contributed by atoms with Crippen LogP contribution in [0.1, 0.15) is 11.1 Å². The molecule has 0 saturated carbocycles. The van der Waals surface area contributed by atoms with E-state index < -0.39 is 23.5 Å². The van der Waals surface area contributed by atoms with Gasteiger partial charge in [0.1, 0.15) is 0 Å². The van der Waals surface area contributed by atoms with Crippen molar-refractivity contribution < 1.29 is 38.7 Å². The zero-order chi connectivity index (χ0) is 11.9. The first-order valence-corrected chi connectivity index (χ1v) is 4.43. The number of halogens is 7. The van der Waals surface area contributed by atoms with Crippen molar-refractivity contribution in [1.82, 2.24) is 0 Å². The third kappa shape index (κ3) is 4.02. The van der Waals surface area contributed by atoms with Crippen molar-refractivity contribution >= 4 is 25.4 Å². The molecular weight excluding hydrogens is 270 g/mol. The maximum absolute atomic E-state index is 12.2. The molecule has 0 saturated heterocycles. The fourth-order valence-corrected chi connectivity index (χ4v) is 1.46. The Balaban J connectivity index is 0.00000225. The molecule has 0 bridgehead atoms. The van der Waals surface area contributed by atoms with Gasteiger partial charge in [-0.3, -0.25) is 0 Å². The van der Waals surface area contributed by atoms with Gasteiger partial charge >= 0.3 is 93.4 Å². The van der Waals surface area contributed by atoms with Crippen LogP contribution in [0.3, 0.4) is 0 Å². The first-order valence-electron chi connectivity index (χ1n) is 3.72. The third-order valence-electron chi connectivity index (χ3n) is 1.65. The van der Waals surface area contributed by atoms with Crippen LogP contribution in [0.15, 0.2) is 18.2 Å².